The minimum atomic E-state index is -0.524. The first kappa shape index (κ1) is 22.4. The Balaban J connectivity index is 1.48. The number of aromatic nitrogens is 1. The van der Waals surface area contributed by atoms with E-state index in [1.165, 1.54) is 46.9 Å². The molecule has 2 N–H and O–H groups in total. The van der Waals surface area contributed by atoms with Crippen LogP contribution in [0.5, 0.6) is 0 Å². The van der Waals surface area contributed by atoms with Crippen LogP contribution in [0, 0.1) is 5.41 Å². The lowest BCUT2D eigenvalue weighted by Gasteiger charge is -2.27. The SMILES string of the molecule is CC(C)(C)C1=C(CCN2CCC[C@H]2c2ccc(/C=C/C(=O)NO)cc2)c2cccnc2C1. The average molecular weight is 432 g/mol. The van der Waals surface area contributed by atoms with Gasteiger partial charge in [-0.2, -0.15) is 0 Å². The van der Waals surface area contributed by atoms with Gasteiger partial charge in [-0.25, -0.2) is 5.48 Å². The number of hydrogen-bond acceptors (Lipinski definition) is 4. The lowest BCUT2D eigenvalue weighted by Crippen LogP contribution is -2.25. The predicted molar refractivity (Wildman–Crippen MR) is 128 cm³/mol. The summed E-state index contributed by atoms with van der Waals surface area (Å²) in [5.41, 5.74) is 9.62. The van der Waals surface area contributed by atoms with Crippen LogP contribution in [0.1, 0.15) is 68.5 Å². The summed E-state index contributed by atoms with van der Waals surface area (Å²) in [6.07, 6.45) is 9.35. The minimum Gasteiger partial charge on any atom is -0.296 e. The second-order valence-electron chi connectivity index (χ2n) is 9.80. The standard InChI is InChI=1S/C27H33N3O2/c1-27(2,3)23-18-24-22(6-4-15-28-24)21(23)14-17-30-16-5-7-25(30)20-11-8-19(9-12-20)10-13-26(31)29-32/h4,6,8-13,15,25,32H,5,7,14,16-18H2,1-3H3,(H,29,31)/b13-10+/t25-/m0/s1. The van der Waals surface area contributed by atoms with Gasteiger partial charge < -0.3 is 0 Å². The van der Waals surface area contributed by atoms with Crippen molar-refractivity contribution in [1.29, 1.82) is 0 Å². The molecule has 32 heavy (non-hydrogen) atoms. The number of hydroxylamine groups is 1. The molecule has 168 valence electrons. The molecule has 5 heteroatoms. The number of pyridine rings is 1. The number of nitrogens with one attached hydrogen (secondary N) is 1. The van der Waals surface area contributed by atoms with Crippen LogP contribution in [0.2, 0.25) is 0 Å². The molecule has 2 heterocycles. The number of allylic oxidation sites excluding steroid dienone is 1. The smallest absolute Gasteiger partial charge is 0.267 e. The van der Waals surface area contributed by atoms with Crippen molar-refractivity contribution in [2.24, 2.45) is 5.41 Å². The Morgan fingerprint density at radius 3 is 2.75 bits per heavy atom. The molecule has 1 aromatic heterocycles. The highest BCUT2D eigenvalue weighted by Crippen LogP contribution is 2.43. The molecule has 0 saturated carbocycles. The first-order chi connectivity index (χ1) is 15.4. The van der Waals surface area contributed by atoms with Crippen LogP contribution in [0.15, 0.2) is 54.2 Å². The zero-order valence-corrected chi connectivity index (χ0v) is 19.3. The van der Waals surface area contributed by atoms with E-state index in [0.717, 1.165) is 31.5 Å². The third-order valence-electron chi connectivity index (χ3n) is 6.70. The number of amides is 1. The number of carbonyl (C=O) groups excluding carboxylic acids is 1. The van der Waals surface area contributed by atoms with E-state index in [-0.39, 0.29) is 5.41 Å². The number of carbonyl (C=O) groups is 1. The largest absolute Gasteiger partial charge is 0.296 e. The Morgan fingerprint density at radius 1 is 1.25 bits per heavy atom. The van der Waals surface area contributed by atoms with Gasteiger partial charge in [-0.15, -0.1) is 0 Å². The van der Waals surface area contributed by atoms with Crippen molar-refractivity contribution in [3.63, 3.8) is 0 Å². The lowest BCUT2D eigenvalue weighted by atomic mass is 9.82. The molecule has 1 aliphatic carbocycles. The number of fused-ring (bicyclic) bond motifs is 1. The van der Waals surface area contributed by atoms with Crippen LogP contribution in [-0.2, 0) is 11.2 Å². The molecule has 1 fully saturated rings. The Morgan fingerprint density at radius 2 is 2.03 bits per heavy atom. The number of hydrogen-bond donors (Lipinski definition) is 2. The van der Waals surface area contributed by atoms with Gasteiger partial charge in [0, 0.05) is 31.3 Å². The fourth-order valence-corrected chi connectivity index (χ4v) is 5.06. The van der Waals surface area contributed by atoms with Crippen LogP contribution in [-0.4, -0.2) is 34.1 Å². The fourth-order valence-electron chi connectivity index (χ4n) is 5.06. The molecule has 1 amide bonds. The number of rotatable bonds is 6. The van der Waals surface area contributed by atoms with Crippen molar-refractivity contribution < 1.29 is 10.0 Å². The van der Waals surface area contributed by atoms with E-state index < -0.39 is 5.91 Å². The Hall–Kier alpha value is -2.76. The Bertz CT molecular complexity index is 1030. The molecule has 2 aromatic rings. The van der Waals surface area contributed by atoms with Gasteiger partial charge in [0.1, 0.15) is 0 Å². The zero-order valence-electron chi connectivity index (χ0n) is 19.3. The molecule has 1 aliphatic heterocycles. The second-order valence-corrected chi connectivity index (χ2v) is 9.80. The lowest BCUT2D eigenvalue weighted by molar-refractivity contribution is -0.124. The average Bonchev–Trinajstić information content (AvgIpc) is 3.40. The van der Waals surface area contributed by atoms with Crippen molar-refractivity contribution in [2.45, 2.75) is 52.5 Å². The van der Waals surface area contributed by atoms with Gasteiger partial charge in [-0.3, -0.25) is 19.9 Å². The highest BCUT2D eigenvalue weighted by molar-refractivity contribution is 5.90. The van der Waals surface area contributed by atoms with Gasteiger partial charge in [0.15, 0.2) is 0 Å². The fraction of sp³-hybridized carbons (Fsp3) is 0.407. The predicted octanol–water partition coefficient (Wildman–Crippen LogP) is 5.18. The summed E-state index contributed by atoms with van der Waals surface area (Å²) in [6, 6.07) is 13.1. The van der Waals surface area contributed by atoms with E-state index in [0.29, 0.717) is 6.04 Å². The van der Waals surface area contributed by atoms with E-state index in [1.807, 2.05) is 18.3 Å². The molecule has 1 saturated heterocycles. The van der Waals surface area contributed by atoms with Gasteiger partial charge in [0.25, 0.3) is 5.91 Å². The quantitative estimate of drug-likeness (QED) is 0.376. The van der Waals surface area contributed by atoms with E-state index >= 15 is 0 Å². The topological polar surface area (TPSA) is 65.5 Å². The maximum absolute atomic E-state index is 11.2. The Labute approximate surface area is 190 Å². The highest BCUT2D eigenvalue weighted by Gasteiger charge is 2.31. The first-order valence-corrected chi connectivity index (χ1v) is 11.5. The third-order valence-corrected chi connectivity index (χ3v) is 6.70. The molecule has 2 aliphatic rings. The van der Waals surface area contributed by atoms with Crippen LogP contribution in [0.4, 0.5) is 0 Å². The first-order valence-electron chi connectivity index (χ1n) is 11.5. The van der Waals surface area contributed by atoms with Crippen LogP contribution in [0.3, 0.4) is 0 Å². The summed E-state index contributed by atoms with van der Waals surface area (Å²) >= 11 is 0. The molecular formula is C27H33N3O2. The van der Waals surface area contributed by atoms with Crippen molar-refractivity contribution in [3.05, 3.63) is 76.6 Å². The Kier molecular flexibility index (Phi) is 6.58. The monoisotopic (exact) mass is 431 g/mol. The summed E-state index contributed by atoms with van der Waals surface area (Å²) in [7, 11) is 0. The normalized spacial score (nSPS) is 19.1. The van der Waals surface area contributed by atoms with Gasteiger partial charge >= 0.3 is 0 Å². The van der Waals surface area contributed by atoms with Crippen LogP contribution < -0.4 is 5.48 Å². The molecule has 0 bridgehead atoms. The molecule has 1 aromatic carbocycles. The summed E-state index contributed by atoms with van der Waals surface area (Å²) in [4.78, 5) is 18.5. The molecule has 0 unspecified atom stereocenters. The van der Waals surface area contributed by atoms with Gasteiger partial charge in [0.05, 0.1) is 5.69 Å². The number of nitrogens with zero attached hydrogens (tertiary/aromatic N) is 2. The van der Waals surface area contributed by atoms with E-state index in [9.17, 15) is 4.79 Å². The van der Waals surface area contributed by atoms with Crippen molar-refractivity contribution in [1.82, 2.24) is 15.4 Å². The third kappa shape index (κ3) is 4.84. The second kappa shape index (κ2) is 9.39. The van der Waals surface area contributed by atoms with E-state index in [1.54, 1.807) is 11.6 Å². The van der Waals surface area contributed by atoms with Crippen molar-refractivity contribution in [2.75, 3.05) is 13.1 Å². The summed E-state index contributed by atoms with van der Waals surface area (Å²) < 4.78 is 0. The summed E-state index contributed by atoms with van der Waals surface area (Å²) in [5, 5.41) is 8.61. The van der Waals surface area contributed by atoms with E-state index in [4.69, 9.17) is 5.21 Å². The molecule has 0 radical (unpaired) electrons. The molecule has 4 rings (SSSR count). The highest BCUT2D eigenvalue weighted by atomic mass is 16.5. The maximum atomic E-state index is 11.2. The van der Waals surface area contributed by atoms with Gasteiger partial charge in [-0.05, 0) is 65.6 Å². The van der Waals surface area contributed by atoms with E-state index in [2.05, 4.69) is 54.9 Å². The molecule has 5 nitrogen and oxygen atoms in total. The molecular weight excluding hydrogens is 398 g/mol. The van der Waals surface area contributed by atoms with Crippen molar-refractivity contribution in [3.8, 4) is 0 Å². The van der Waals surface area contributed by atoms with Crippen LogP contribution in [0.25, 0.3) is 11.6 Å². The minimum absolute atomic E-state index is 0.150. The summed E-state index contributed by atoms with van der Waals surface area (Å²) in [5.74, 6) is -0.524. The van der Waals surface area contributed by atoms with Crippen LogP contribution >= 0.6 is 0 Å². The van der Waals surface area contributed by atoms with Gasteiger partial charge in [0.2, 0.25) is 0 Å². The number of benzene rings is 1. The number of likely N-dealkylation sites (tertiary alicyclic amines) is 1. The van der Waals surface area contributed by atoms with Gasteiger partial charge in [-0.1, -0.05) is 56.7 Å². The molecule has 1 atom stereocenters. The molecule has 0 spiro atoms. The zero-order chi connectivity index (χ0) is 22.7. The van der Waals surface area contributed by atoms with Crippen molar-refractivity contribution >= 4 is 17.6 Å². The maximum Gasteiger partial charge on any atom is 0.267 e. The summed E-state index contributed by atoms with van der Waals surface area (Å²) in [6.45, 7) is 9.11.